The normalized spacial score (nSPS) is 11.2. The molecular formula is C13H21P. The summed E-state index contributed by atoms with van der Waals surface area (Å²) >= 11 is 0. The fraction of sp³-hybridized carbons (Fsp3) is 0.538. The van der Waals surface area contributed by atoms with E-state index in [0.29, 0.717) is 0 Å². The van der Waals surface area contributed by atoms with Gasteiger partial charge in [0.05, 0.1) is 0 Å². The number of hydrogen-bond acceptors (Lipinski definition) is 0. The molecule has 1 atom stereocenters. The molecule has 0 aliphatic carbocycles. The van der Waals surface area contributed by atoms with E-state index >= 15 is 0 Å². The van der Waals surface area contributed by atoms with Gasteiger partial charge >= 0.3 is 0 Å². The summed E-state index contributed by atoms with van der Waals surface area (Å²) < 4.78 is 0. The fourth-order valence-corrected chi connectivity index (χ4v) is 2.66. The van der Waals surface area contributed by atoms with Gasteiger partial charge in [-0.15, -0.1) is 0 Å². The van der Waals surface area contributed by atoms with Crippen molar-refractivity contribution in [3.63, 3.8) is 0 Å². The van der Waals surface area contributed by atoms with Crippen LogP contribution in [0.4, 0.5) is 0 Å². The molecule has 1 aromatic carbocycles. The maximum absolute atomic E-state index is 2.27. The van der Waals surface area contributed by atoms with E-state index in [4.69, 9.17) is 0 Å². The van der Waals surface area contributed by atoms with E-state index in [2.05, 4.69) is 37.3 Å². The van der Waals surface area contributed by atoms with Gasteiger partial charge in [-0.1, -0.05) is 71.5 Å². The number of benzene rings is 1. The highest BCUT2D eigenvalue weighted by atomic mass is 31.1. The number of rotatable bonds is 7. The summed E-state index contributed by atoms with van der Waals surface area (Å²) in [6.07, 6.45) is 8.40. The van der Waals surface area contributed by atoms with Crippen LogP contribution in [0.2, 0.25) is 0 Å². The third-order valence-corrected chi connectivity index (χ3v) is 3.73. The summed E-state index contributed by atoms with van der Waals surface area (Å²) in [5.41, 5.74) is 0. The summed E-state index contributed by atoms with van der Waals surface area (Å²) in [6.45, 7) is 2.27. The van der Waals surface area contributed by atoms with Crippen LogP contribution in [0, 0.1) is 0 Å². The summed E-state index contributed by atoms with van der Waals surface area (Å²) in [4.78, 5) is 0. The molecule has 0 saturated carbocycles. The zero-order valence-corrected chi connectivity index (χ0v) is 10.1. The molecule has 0 nitrogen and oxygen atoms in total. The minimum atomic E-state index is 1.02. The van der Waals surface area contributed by atoms with Gasteiger partial charge in [0.25, 0.3) is 0 Å². The molecule has 1 unspecified atom stereocenters. The van der Waals surface area contributed by atoms with Crippen LogP contribution in [0.3, 0.4) is 0 Å². The highest BCUT2D eigenvalue weighted by Crippen LogP contribution is 2.13. The first-order valence-electron chi connectivity index (χ1n) is 5.72. The van der Waals surface area contributed by atoms with Gasteiger partial charge in [0.15, 0.2) is 0 Å². The smallest absolute Gasteiger partial charge is 0.0271 e. The van der Waals surface area contributed by atoms with Crippen LogP contribution < -0.4 is 5.30 Å². The van der Waals surface area contributed by atoms with Gasteiger partial charge in [-0.2, -0.15) is 0 Å². The van der Waals surface area contributed by atoms with Crippen LogP contribution in [0.25, 0.3) is 0 Å². The Morgan fingerprint density at radius 1 is 0.929 bits per heavy atom. The molecule has 0 aromatic heterocycles. The Bertz CT molecular complexity index is 218. The highest BCUT2D eigenvalue weighted by molar-refractivity contribution is 7.47. The maximum Gasteiger partial charge on any atom is -0.0271 e. The zero-order valence-electron chi connectivity index (χ0n) is 9.13. The first kappa shape index (κ1) is 11.7. The lowest BCUT2D eigenvalue weighted by molar-refractivity contribution is 0.659. The van der Waals surface area contributed by atoms with Crippen LogP contribution in [-0.4, -0.2) is 6.16 Å². The molecule has 0 aliphatic heterocycles. The molecule has 1 heteroatoms. The van der Waals surface area contributed by atoms with Crippen molar-refractivity contribution in [1.82, 2.24) is 0 Å². The topological polar surface area (TPSA) is 0 Å². The van der Waals surface area contributed by atoms with Crippen molar-refractivity contribution in [2.45, 2.75) is 39.0 Å². The molecule has 0 bridgehead atoms. The summed E-state index contributed by atoms with van der Waals surface area (Å²) in [5, 5.41) is 1.52. The van der Waals surface area contributed by atoms with Crippen molar-refractivity contribution in [3.05, 3.63) is 30.3 Å². The number of hydrogen-bond donors (Lipinski definition) is 0. The van der Waals surface area contributed by atoms with Crippen LogP contribution in [0.1, 0.15) is 39.0 Å². The largest absolute Gasteiger partial charge is 0.0904 e. The standard InChI is InChI=1S/C13H21P/c1-2-3-4-5-9-12-14-13-10-7-6-8-11-13/h6-8,10-11,14H,2-5,9,12H2,1H3. The molecule has 78 valence electrons. The van der Waals surface area contributed by atoms with Gasteiger partial charge in [-0.3, -0.25) is 0 Å². The predicted octanol–water partition coefficient (Wildman–Crippen LogP) is 3.96. The Hall–Kier alpha value is -0.350. The second-order valence-electron chi connectivity index (χ2n) is 3.71. The van der Waals surface area contributed by atoms with Gasteiger partial charge in [-0.05, 0) is 17.9 Å². The van der Waals surface area contributed by atoms with Crippen LogP contribution in [0.15, 0.2) is 30.3 Å². The van der Waals surface area contributed by atoms with Crippen molar-refractivity contribution in [2.75, 3.05) is 6.16 Å². The summed E-state index contributed by atoms with van der Waals surface area (Å²) in [6, 6.07) is 10.9. The fourth-order valence-electron chi connectivity index (χ4n) is 1.52. The molecule has 0 saturated heterocycles. The molecular weight excluding hydrogens is 187 g/mol. The maximum atomic E-state index is 2.27. The number of unbranched alkanes of at least 4 members (excludes halogenated alkanes) is 4. The Kier molecular flexibility index (Phi) is 6.70. The van der Waals surface area contributed by atoms with E-state index < -0.39 is 0 Å². The Morgan fingerprint density at radius 2 is 1.64 bits per heavy atom. The van der Waals surface area contributed by atoms with E-state index in [-0.39, 0.29) is 0 Å². The second kappa shape index (κ2) is 8.00. The third-order valence-electron chi connectivity index (χ3n) is 2.38. The van der Waals surface area contributed by atoms with Gasteiger partial charge in [0.2, 0.25) is 0 Å². The van der Waals surface area contributed by atoms with Gasteiger partial charge in [-0.25, -0.2) is 0 Å². The van der Waals surface area contributed by atoms with E-state index in [0.717, 1.165) is 8.58 Å². The van der Waals surface area contributed by atoms with E-state index in [1.807, 2.05) is 0 Å². The lowest BCUT2D eigenvalue weighted by Crippen LogP contribution is -1.93. The average molecular weight is 208 g/mol. The van der Waals surface area contributed by atoms with Gasteiger partial charge < -0.3 is 0 Å². The molecule has 0 spiro atoms. The van der Waals surface area contributed by atoms with Gasteiger partial charge in [0.1, 0.15) is 0 Å². The molecule has 1 aromatic rings. The first-order chi connectivity index (χ1) is 6.93. The minimum absolute atomic E-state index is 1.02. The van der Waals surface area contributed by atoms with E-state index in [9.17, 15) is 0 Å². The summed E-state index contributed by atoms with van der Waals surface area (Å²) in [7, 11) is 1.02. The third kappa shape index (κ3) is 5.40. The molecule has 1 rings (SSSR count). The van der Waals surface area contributed by atoms with Crippen LogP contribution in [0.5, 0.6) is 0 Å². The van der Waals surface area contributed by atoms with Gasteiger partial charge in [0, 0.05) is 0 Å². The Labute approximate surface area is 89.9 Å². The SMILES string of the molecule is CCCCCCCPc1ccccc1. The zero-order chi connectivity index (χ0) is 10.1. The Balaban J connectivity index is 1.99. The van der Waals surface area contributed by atoms with E-state index in [1.165, 1.54) is 43.6 Å². The van der Waals surface area contributed by atoms with Crippen LogP contribution >= 0.6 is 8.58 Å². The van der Waals surface area contributed by atoms with Crippen molar-refractivity contribution < 1.29 is 0 Å². The molecule has 0 N–H and O–H groups in total. The molecule has 0 radical (unpaired) electrons. The molecule has 0 fully saturated rings. The predicted molar refractivity (Wildman–Crippen MR) is 68.0 cm³/mol. The van der Waals surface area contributed by atoms with E-state index in [1.54, 1.807) is 0 Å². The lowest BCUT2D eigenvalue weighted by atomic mass is 10.2. The van der Waals surface area contributed by atoms with Crippen LogP contribution in [-0.2, 0) is 0 Å². The second-order valence-corrected chi connectivity index (χ2v) is 5.14. The molecule has 14 heavy (non-hydrogen) atoms. The lowest BCUT2D eigenvalue weighted by Gasteiger charge is -2.01. The average Bonchev–Trinajstić information content (AvgIpc) is 2.25. The van der Waals surface area contributed by atoms with Crippen molar-refractivity contribution in [1.29, 1.82) is 0 Å². The molecule has 0 amide bonds. The minimum Gasteiger partial charge on any atom is -0.0904 e. The summed E-state index contributed by atoms with van der Waals surface area (Å²) in [5.74, 6) is 0. The molecule has 0 heterocycles. The Morgan fingerprint density at radius 3 is 2.36 bits per heavy atom. The molecule has 0 aliphatic rings. The first-order valence-corrected chi connectivity index (χ1v) is 6.93. The van der Waals surface area contributed by atoms with Crippen molar-refractivity contribution >= 4 is 13.9 Å². The van der Waals surface area contributed by atoms with Crippen molar-refractivity contribution in [2.24, 2.45) is 0 Å². The highest BCUT2D eigenvalue weighted by Gasteiger charge is 1.92. The van der Waals surface area contributed by atoms with Crippen molar-refractivity contribution in [3.8, 4) is 0 Å². The quantitative estimate of drug-likeness (QED) is 0.470. The monoisotopic (exact) mass is 208 g/mol.